The Morgan fingerprint density at radius 3 is 2.27 bits per heavy atom. The number of nitrogens with one attached hydrogen (secondary N) is 1. The van der Waals surface area contributed by atoms with Gasteiger partial charge in [-0.05, 0) is 12.5 Å². The Bertz CT molecular complexity index is 416. The smallest absolute Gasteiger partial charge is 0.319 e. The first-order valence-electron chi connectivity index (χ1n) is 4.71. The largest absolute Gasteiger partial charge is 0.325 e. The fourth-order valence-electron chi connectivity index (χ4n) is 1.75. The lowest BCUT2D eigenvalue weighted by Crippen LogP contribution is -2.40. The molecule has 1 unspecified atom stereocenters. The normalized spacial score (nSPS) is 25.6. The predicted molar refractivity (Wildman–Crippen MR) is 55.1 cm³/mol. The van der Waals surface area contributed by atoms with Crippen LogP contribution in [-0.4, -0.2) is 23.9 Å². The van der Waals surface area contributed by atoms with E-state index in [4.69, 9.17) is 0 Å². The summed E-state index contributed by atoms with van der Waals surface area (Å²) in [5.74, 6) is -0.223. The Balaban J connectivity index is 2.45. The van der Waals surface area contributed by atoms with Crippen LogP contribution in [0.5, 0.6) is 0 Å². The lowest BCUT2D eigenvalue weighted by Gasteiger charge is -2.21. The fraction of sp³-hybridized carbons (Fsp3) is 0.273. The number of benzene rings is 1. The van der Waals surface area contributed by atoms with Crippen LogP contribution < -0.4 is 5.32 Å². The average molecular weight is 204 g/mol. The van der Waals surface area contributed by atoms with Crippen LogP contribution in [-0.2, 0) is 10.3 Å². The minimum Gasteiger partial charge on any atom is -0.319 e. The van der Waals surface area contributed by atoms with Gasteiger partial charge in [0.1, 0.15) is 5.54 Å². The van der Waals surface area contributed by atoms with Crippen molar-refractivity contribution in [2.24, 2.45) is 0 Å². The molecule has 1 atom stereocenters. The van der Waals surface area contributed by atoms with Crippen molar-refractivity contribution in [2.45, 2.75) is 12.5 Å². The first-order valence-corrected chi connectivity index (χ1v) is 4.71. The molecule has 78 valence electrons. The number of likely N-dealkylation sites (N-methyl/N-ethyl adjacent to an activating group) is 1. The standard InChI is InChI=1S/C11H12N2O2/c1-11(8-6-4-3-5-7-8)9(14)13(2)10(15)12-11/h3-7H,1-2H3,(H,12,15). The maximum absolute atomic E-state index is 11.9. The van der Waals surface area contributed by atoms with Crippen molar-refractivity contribution in [1.82, 2.24) is 10.2 Å². The summed E-state index contributed by atoms with van der Waals surface area (Å²) in [6, 6.07) is 8.87. The number of imide groups is 1. The van der Waals surface area contributed by atoms with Gasteiger partial charge >= 0.3 is 6.03 Å². The van der Waals surface area contributed by atoms with Gasteiger partial charge in [-0.3, -0.25) is 9.69 Å². The Morgan fingerprint density at radius 1 is 1.20 bits per heavy atom. The Labute approximate surface area is 87.9 Å². The topological polar surface area (TPSA) is 49.4 Å². The first-order chi connectivity index (χ1) is 7.05. The summed E-state index contributed by atoms with van der Waals surface area (Å²) in [4.78, 5) is 24.4. The second kappa shape index (κ2) is 3.08. The van der Waals surface area contributed by atoms with Gasteiger partial charge in [-0.25, -0.2) is 4.79 Å². The summed E-state index contributed by atoms with van der Waals surface area (Å²) in [7, 11) is 1.48. The van der Waals surface area contributed by atoms with Crippen molar-refractivity contribution in [2.75, 3.05) is 7.05 Å². The van der Waals surface area contributed by atoms with Crippen LogP contribution in [0.3, 0.4) is 0 Å². The molecule has 1 aromatic carbocycles. The number of urea groups is 1. The molecule has 0 spiro atoms. The zero-order valence-electron chi connectivity index (χ0n) is 8.65. The zero-order valence-corrected chi connectivity index (χ0v) is 8.65. The summed E-state index contributed by atoms with van der Waals surface area (Å²) in [5.41, 5.74) is -0.125. The number of hydrogen-bond donors (Lipinski definition) is 1. The molecule has 1 aromatic rings. The molecule has 2 rings (SSSR count). The predicted octanol–water partition coefficient (Wildman–Crippen LogP) is 1.08. The minimum atomic E-state index is -0.924. The van der Waals surface area contributed by atoms with Crippen molar-refractivity contribution >= 4 is 11.9 Å². The van der Waals surface area contributed by atoms with E-state index in [0.29, 0.717) is 0 Å². The van der Waals surface area contributed by atoms with E-state index in [9.17, 15) is 9.59 Å². The van der Waals surface area contributed by atoms with E-state index in [1.54, 1.807) is 6.92 Å². The lowest BCUT2D eigenvalue weighted by atomic mass is 9.92. The van der Waals surface area contributed by atoms with Crippen molar-refractivity contribution in [1.29, 1.82) is 0 Å². The van der Waals surface area contributed by atoms with E-state index < -0.39 is 5.54 Å². The number of nitrogens with zero attached hydrogens (tertiary/aromatic N) is 1. The molecular weight excluding hydrogens is 192 g/mol. The number of rotatable bonds is 1. The molecule has 0 aliphatic carbocycles. The van der Waals surface area contributed by atoms with Crippen molar-refractivity contribution in [3.05, 3.63) is 35.9 Å². The summed E-state index contributed by atoms with van der Waals surface area (Å²) in [6.45, 7) is 1.71. The summed E-state index contributed by atoms with van der Waals surface area (Å²) in [5, 5.41) is 2.68. The van der Waals surface area contributed by atoms with Gasteiger partial charge in [0.15, 0.2) is 0 Å². The zero-order chi connectivity index (χ0) is 11.1. The van der Waals surface area contributed by atoms with Crippen molar-refractivity contribution in [3.63, 3.8) is 0 Å². The van der Waals surface area contributed by atoms with Crippen LogP contribution in [0, 0.1) is 0 Å². The minimum absolute atomic E-state index is 0.223. The molecule has 1 saturated heterocycles. The highest BCUT2D eigenvalue weighted by Crippen LogP contribution is 2.27. The van der Waals surface area contributed by atoms with E-state index in [2.05, 4.69) is 5.32 Å². The molecule has 1 aliphatic rings. The molecule has 3 amide bonds. The molecule has 0 bridgehead atoms. The molecule has 1 heterocycles. The highest BCUT2D eigenvalue weighted by atomic mass is 16.2. The molecule has 1 aliphatic heterocycles. The van der Waals surface area contributed by atoms with Crippen LogP contribution in [0.1, 0.15) is 12.5 Å². The quantitative estimate of drug-likeness (QED) is 0.696. The highest BCUT2D eigenvalue weighted by molar-refractivity contribution is 6.06. The average Bonchev–Trinajstić information content (AvgIpc) is 2.45. The molecule has 0 radical (unpaired) electrons. The number of amides is 3. The third kappa shape index (κ3) is 1.29. The second-order valence-electron chi connectivity index (χ2n) is 3.79. The maximum atomic E-state index is 11.9. The van der Waals surface area contributed by atoms with Crippen molar-refractivity contribution in [3.8, 4) is 0 Å². The summed E-state index contributed by atoms with van der Waals surface area (Å²) in [6.07, 6.45) is 0. The van der Waals surface area contributed by atoms with E-state index in [1.807, 2.05) is 30.3 Å². The molecule has 0 saturated carbocycles. The van der Waals surface area contributed by atoms with E-state index in [1.165, 1.54) is 7.05 Å². The van der Waals surface area contributed by atoms with Crippen LogP contribution in [0.2, 0.25) is 0 Å². The Kier molecular flexibility index (Phi) is 2.00. The fourth-order valence-corrected chi connectivity index (χ4v) is 1.75. The molecule has 1 fully saturated rings. The maximum Gasteiger partial charge on any atom is 0.325 e. The lowest BCUT2D eigenvalue weighted by molar-refractivity contribution is -0.130. The summed E-state index contributed by atoms with van der Waals surface area (Å²) >= 11 is 0. The van der Waals surface area contributed by atoms with E-state index in [0.717, 1.165) is 10.5 Å². The van der Waals surface area contributed by atoms with Gasteiger partial charge < -0.3 is 5.32 Å². The second-order valence-corrected chi connectivity index (χ2v) is 3.79. The first kappa shape index (κ1) is 9.71. The van der Waals surface area contributed by atoms with Gasteiger partial charge in [-0.15, -0.1) is 0 Å². The Morgan fingerprint density at radius 2 is 1.80 bits per heavy atom. The van der Waals surface area contributed by atoms with Gasteiger partial charge in [0, 0.05) is 7.05 Å². The number of carbonyl (C=O) groups excluding carboxylic acids is 2. The van der Waals surface area contributed by atoms with Gasteiger partial charge in [0.2, 0.25) is 0 Å². The van der Waals surface area contributed by atoms with E-state index in [-0.39, 0.29) is 11.9 Å². The highest BCUT2D eigenvalue weighted by Gasteiger charge is 2.47. The van der Waals surface area contributed by atoms with Gasteiger partial charge in [0.25, 0.3) is 5.91 Å². The molecule has 4 nitrogen and oxygen atoms in total. The number of hydrogen-bond acceptors (Lipinski definition) is 2. The molecule has 0 aromatic heterocycles. The molecular formula is C11H12N2O2. The van der Waals surface area contributed by atoms with Gasteiger partial charge in [0.05, 0.1) is 0 Å². The summed E-state index contributed by atoms with van der Waals surface area (Å²) < 4.78 is 0. The molecule has 4 heteroatoms. The molecule has 1 N–H and O–H groups in total. The van der Waals surface area contributed by atoms with Crippen molar-refractivity contribution < 1.29 is 9.59 Å². The third-order valence-electron chi connectivity index (χ3n) is 2.75. The van der Waals surface area contributed by atoms with Crippen LogP contribution >= 0.6 is 0 Å². The van der Waals surface area contributed by atoms with Gasteiger partial charge in [-0.2, -0.15) is 0 Å². The number of carbonyl (C=O) groups is 2. The van der Waals surface area contributed by atoms with Crippen LogP contribution in [0.15, 0.2) is 30.3 Å². The van der Waals surface area contributed by atoms with Gasteiger partial charge in [-0.1, -0.05) is 30.3 Å². The Hall–Kier alpha value is -1.84. The third-order valence-corrected chi connectivity index (χ3v) is 2.75. The van der Waals surface area contributed by atoms with Crippen LogP contribution in [0.25, 0.3) is 0 Å². The SMILES string of the molecule is CN1C(=O)NC(C)(c2ccccc2)C1=O. The van der Waals surface area contributed by atoms with Crippen LogP contribution in [0.4, 0.5) is 4.79 Å². The molecule has 15 heavy (non-hydrogen) atoms. The van der Waals surface area contributed by atoms with E-state index >= 15 is 0 Å². The monoisotopic (exact) mass is 204 g/mol.